The highest BCUT2D eigenvalue weighted by Gasteiger charge is 2.23. The molecule has 7 nitrogen and oxygen atoms in total. The molecule has 0 aliphatic heterocycles. The van der Waals surface area contributed by atoms with E-state index in [-0.39, 0.29) is 12.8 Å². The summed E-state index contributed by atoms with van der Waals surface area (Å²) in [7, 11) is 1.26. The molecule has 2 aromatic carbocycles. The van der Waals surface area contributed by atoms with Gasteiger partial charge in [0.1, 0.15) is 6.04 Å². The predicted octanol–water partition coefficient (Wildman–Crippen LogP) is 2.54. The maximum Gasteiger partial charge on any atom is 0.328 e. The summed E-state index contributed by atoms with van der Waals surface area (Å²) >= 11 is 0. The number of nitrogens with one attached hydrogen (secondary N) is 2. The van der Waals surface area contributed by atoms with Gasteiger partial charge in [0.15, 0.2) is 6.61 Å². The Hall–Kier alpha value is -3.61. The molecule has 0 saturated heterocycles. The van der Waals surface area contributed by atoms with E-state index < -0.39 is 30.5 Å². The highest BCUT2D eigenvalue weighted by Crippen LogP contribution is 2.19. The summed E-state index contributed by atoms with van der Waals surface area (Å²) in [4.78, 5) is 39.4. The van der Waals surface area contributed by atoms with Gasteiger partial charge in [-0.05, 0) is 23.6 Å². The van der Waals surface area contributed by atoms with Crippen molar-refractivity contribution >= 4 is 28.7 Å². The van der Waals surface area contributed by atoms with E-state index in [1.807, 2.05) is 54.6 Å². The highest BCUT2D eigenvalue weighted by atomic mass is 16.5. The summed E-state index contributed by atoms with van der Waals surface area (Å²) in [5, 5.41) is 3.56. The van der Waals surface area contributed by atoms with Crippen LogP contribution in [0.15, 0.2) is 60.8 Å². The minimum Gasteiger partial charge on any atom is -0.467 e. The summed E-state index contributed by atoms with van der Waals surface area (Å²) in [5.74, 6) is -1.59. The highest BCUT2D eigenvalue weighted by molar-refractivity contribution is 5.88. The lowest BCUT2D eigenvalue weighted by Gasteiger charge is -2.16. The van der Waals surface area contributed by atoms with Crippen LogP contribution >= 0.6 is 0 Å². The van der Waals surface area contributed by atoms with Gasteiger partial charge in [-0.1, -0.05) is 48.5 Å². The van der Waals surface area contributed by atoms with Crippen molar-refractivity contribution in [1.29, 1.82) is 0 Å². The molecule has 30 heavy (non-hydrogen) atoms. The van der Waals surface area contributed by atoms with Crippen LogP contribution in [0.2, 0.25) is 0 Å². The minimum absolute atomic E-state index is 0.174. The topological polar surface area (TPSA) is 97.5 Å². The Morgan fingerprint density at radius 1 is 1.03 bits per heavy atom. The van der Waals surface area contributed by atoms with Gasteiger partial charge in [-0.2, -0.15) is 0 Å². The van der Waals surface area contributed by atoms with Crippen molar-refractivity contribution < 1.29 is 23.9 Å². The van der Waals surface area contributed by atoms with Crippen molar-refractivity contribution in [3.05, 3.63) is 71.9 Å². The predicted molar refractivity (Wildman–Crippen MR) is 112 cm³/mol. The molecule has 0 unspecified atom stereocenters. The third-order valence-electron chi connectivity index (χ3n) is 4.74. The summed E-state index contributed by atoms with van der Waals surface area (Å²) in [5.41, 5.74) is 2.83. The lowest BCUT2D eigenvalue weighted by atomic mass is 10.0. The monoisotopic (exact) mass is 408 g/mol. The van der Waals surface area contributed by atoms with E-state index in [0.29, 0.717) is 6.42 Å². The molecule has 0 spiro atoms. The maximum atomic E-state index is 12.2. The zero-order valence-electron chi connectivity index (χ0n) is 16.7. The summed E-state index contributed by atoms with van der Waals surface area (Å²) in [6.07, 6.45) is 2.76. The number of rotatable bonds is 9. The third kappa shape index (κ3) is 5.70. The second kappa shape index (κ2) is 10.2. The molecule has 2 N–H and O–H groups in total. The molecule has 0 aliphatic carbocycles. The van der Waals surface area contributed by atoms with Gasteiger partial charge in [-0.15, -0.1) is 0 Å². The number of amides is 1. The number of carbonyl (C=O) groups is 3. The molecule has 1 amide bonds. The van der Waals surface area contributed by atoms with E-state index in [1.165, 1.54) is 7.11 Å². The minimum atomic E-state index is -0.885. The molecular formula is C23H24N2O5. The fourth-order valence-corrected chi connectivity index (χ4v) is 3.20. The standard InChI is InChI=1S/C23H24N2O5/c1-29-23(28)20(13-17-14-24-19-10-6-5-9-18(17)19)25-21(26)15-30-22(27)12-11-16-7-3-2-4-8-16/h2-10,14,20,24H,11-13,15H2,1H3,(H,25,26)/t20-/m0/s1. The quantitative estimate of drug-likeness (QED) is 0.531. The Morgan fingerprint density at radius 2 is 1.77 bits per heavy atom. The second-order valence-electron chi connectivity index (χ2n) is 6.85. The van der Waals surface area contributed by atoms with Crippen LogP contribution in [-0.4, -0.2) is 42.6 Å². The number of aryl methyl sites for hydroxylation is 1. The molecule has 1 heterocycles. The average Bonchev–Trinajstić information content (AvgIpc) is 3.19. The Kier molecular flexibility index (Phi) is 7.21. The third-order valence-corrected chi connectivity index (χ3v) is 4.74. The van der Waals surface area contributed by atoms with Crippen molar-refractivity contribution in [2.45, 2.75) is 25.3 Å². The van der Waals surface area contributed by atoms with E-state index in [1.54, 1.807) is 6.20 Å². The fraction of sp³-hybridized carbons (Fsp3) is 0.261. The van der Waals surface area contributed by atoms with Crippen LogP contribution in [0.25, 0.3) is 10.9 Å². The Labute approximate surface area is 174 Å². The van der Waals surface area contributed by atoms with E-state index in [4.69, 9.17) is 9.47 Å². The second-order valence-corrected chi connectivity index (χ2v) is 6.85. The van der Waals surface area contributed by atoms with Crippen molar-refractivity contribution in [3.63, 3.8) is 0 Å². The van der Waals surface area contributed by atoms with Crippen LogP contribution in [0, 0.1) is 0 Å². The van der Waals surface area contributed by atoms with Gasteiger partial charge in [0, 0.05) is 29.9 Å². The van der Waals surface area contributed by atoms with Crippen molar-refractivity contribution in [2.75, 3.05) is 13.7 Å². The molecule has 1 aromatic heterocycles. The van der Waals surface area contributed by atoms with Crippen molar-refractivity contribution in [3.8, 4) is 0 Å². The zero-order chi connectivity index (χ0) is 21.3. The summed E-state index contributed by atoms with van der Waals surface area (Å²) in [6, 6.07) is 16.3. The number of benzene rings is 2. The smallest absolute Gasteiger partial charge is 0.328 e. The average molecular weight is 408 g/mol. The molecule has 0 radical (unpaired) electrons. The van der Waals surface area contributed by atoms with E-state index >= 15 is 0 Å². The first kappa shape index (κ1) is 21.1. The summed E-state index contributed by atoms with van der Waals surface area (Å²) in [6.45, 7) is -0.449. The molecule has 3 rings (SSSR count). The molecule has 7 heteroatoms. The zero-order valence-corrected chi connectivity index (χ0v) is 16.7. The maximum absolute atomic E-state index is 12.2. The number of fused-ring (bicyclic) bond motifs is 1. The number of hydrogen-bond acceptors (Lipinski definition) is 5. The van der Waals surface area contributed by atoms with Gasteiger partial charge >= 0.3 is 11.9 Å². The number of aromatic nitrogens is 1. The number of hydrogen-bond donors (Lipinski definition) is 2. The first-order valence-corrected chi connectivity index (χ1v) is 9.68. The number of para-hydroxylation sites is 1. The van der Waals surface area contributed by atoms with Crippen LogP contribution in [0.5, 0.6) is 0 Å². The van der Waals surface area contributed by atoms with Gasteiger partial charge in [0.25, 0.3) is 5.91 Å². The fourth-order valence-electron chi connectivity index (χ4n) is 3.20. The SMILES string of the molecule is COC(=O)[C@H](Cc1c[nH]c2ccccc12)NC(=O)COC(=O)CCc1ccccc1. The van der Waals surface area contributed by atoms with Gasteiger partial charge in [-0.25, -0.2) is 4.79 Å². The van der Waals surface area contributed by atoms with Gasteiger partial charge < -0.3 is 19.8 Å². The molecular weight excluding hydrogens is 384 g/mol. The van der Waals surface area contributed by atoms with Crippen LogP contribution in [-0.2, 0) is 36.7 Å². The van der Waals surface area contributed by atoms with Crippen LogP contribution in [0.4, 0.5) is 0 Å². The van der Waals surface area contributed by atoms with Gasteiger partial charge in [-0.3, -0.25) is 9.59 Å². The number of ether oxygens (including phenoxy) is 2. The molecule has 0 fully saturated rings. The molecule has 0 bridgehead atoms. The molecule has 3 aromatic rings. The van der Waals surface area contributed by atoms with E-state index in [2.05, 4.69) is 10.3 Å². The van der Waals surface area contributed by atoms with Crippen LogP contribution in [0.3, 0.4) is 0 Å². The lowest BCUT2D eigenvalue weighted by molar-refractivity contribution is -0.150. The summed E-state index contributed by atoms with van der Waals surface area (Å²) < 4.78 is 9.85. The number of aromatic amines is 1. The first-order valence-electron chi connectivity index (χ1n) is 9.68. The van der Waals surface area contributed by atoms with Gasteiger partial charge in [0.2, 0.25) is 0 Å². The Balaban J connectivity index is 1.52. The molecule has 1 atom stereocenters. The number of esters is 2. The lowest BCUT2D eigenvalue weighted by Crippen LogP contribution is -2.44. The normalized spacial score (nSPS) is 11.6. The van der Waals surface area contributed by atoms with Crippen LogP contribution in [0.1, 0.15) is 17.5 Å². The molecule has 0 saturated carbocycles. The Bertz CT molecular complexity index is 1010. The van der Waals surface area contributed by atoms with E-state index in [9.17, 15) is 14.4 Å². The number of carbonyl (C=O) groups excluding carboxylic acids is 3. The van der Waals surface area contributed by atoms with Crippen molar-refractivity contribution in [1.82, 2.24) is 10.3 Å². The Morgan fingerprint density at radius 3 is 2.53 bits per heavy atom. The largest absolute Gasteiger partial charge is 0.467 e. The van der Waals surface area contributed by atoms with Crippen molar-refractivity contribution in [2.24, 2.45) is 0 Å². The molecule has 0 aliphatic rings. The van der Waals surface area contributed by atoms with Crippen LogP contribution < -0.4 is 5.32 Å². The van der Waals surface area contributed by atoms with Gasteiger partial charge in [0.05, 0.1) is 7.11 Å². The number of H-pyrrole nitrogens is 1. The first-order chi connectivity index (χ1) is 14.6. The van der Waals surface area contributed by atoms with E-state index in [0.717, 1.165) is 22.0 Å². The molecule has 156 valence electrons. The number of methoxy groups -OCH3 is 1.